The van der Waals surface area contributed by atoms with Gasteiger partial charge in [0.1, 0.15) is 11.9 Å². The first-order chi connectivity index (χ1) is 13.2. The van der Waals surface area contributed by atoms with Crippen molar-refractivity contribution in [2.75, 3.05) is 11.6 Å². The van der Waals surface area contributed by atoms with E-state index in [2.05, 4.69) is 19.8 Å². The van der Waals surface area contributed by atoms with Gasteiger partial charge in [-0.2, -0.15) is 4.37 Å². The van der Waals surface area contributed by atoms with Crippen LogP contribution < -0.4 is 5.32 Å². The predicted molar refractivity (Wildman–Crippen MR) is 108 cm³/mol. The summed E-state index contributed by atoms with van der Waals surface area (Å²) in [4.78, 5) is 22.4. The van der Waals surface area contributed by atoms with Crippen LogP contribution in [0.3, 0.4) is 0 Å². The lowest BCUT2D eigenvalue weighted by molar-refractivity contribution is -0.110. The molecule has 1 fully saturated rings. The number of halogens is 1. The summed E-state index contributed by atoms with van der Waals surface area (Å²) in [5.41, 5.74) is 0.329. The molecule has 1 heterocycles. The average Bonchev–Trinajstić information content (AvgIpc) is 3.26. The van der Waals surface area contributed by atoms with Crippen LogP contribution in [-0.4, -0.2) is 41.8 Å². The summed E-state index contributed by atoms with van der Waals surface area (Å²) in [6.45, 7) is 1.72. The molecule has 1 N–H and O–H groups in total. The molecule has 1 saturated carbocycles. The highest BCUT2D eigenvalue weighted by Gasteiger charge is 2.22. The van der Waals surface area contributed by atoms with E-state index in [4.69, 9.17) is 16.4 Å². The number of hydrogen-bond acceptors (Lipinski definition) is 8. The van der Waals surface area contributed by atoms with Gasteiger partial charge < -0.3 is 4.84 Å². The molecule has 28 heavy (non-hydrogen) atoms. The largest absolute Gasteiger partial charge is 0.392 e. The van der Waals surface area contributed by atoms with E-state index in [0.717, 1.165) is 43.5 Å². The second kappa shape index (κ2) is 8.54. The van der Waals surface area contributed by atoms with Crippen LogP contribution in [0.1, 0.15) is 37.1 Å². The molecule has 1 aromatic heterocycles. The number of carbonyl (C=O) groups is 1. The molecule has 0 radical (unpaired) electrons. The van der Waals surface area contributed by atoms with E-state index in [1.165, 1.54) is 18.2 Å². The number of hydrogen-bond donors (Lipinski definition) is 1. The van der Waals surface area contributed by atoms with Crippen molar-refractivity contribution >= 4 is 49.7 Å². The second-order valence-corrected chi connectivity index (χ2v) is 9.61. The number of nitrogens with one attached hydrogen (secondary N) is 1. The molecule has 0 spiro atoms. The maximum absolute atomic E-state index is 12.8. The number of aryl methyl sites for hydroxylation is 1. The average molecular weight is 443 g/mol. The minimum atomic E-state index is -3.49. The van der Waals surface area contributed by atoms with Gasteiger partial charge in [0.05, 0.1) is 9.92 Å². The predicted octanol–water partition coefficient (Wildman–Crippen LogP) is 3.21. The minimum absolute atomic E-state index is 0.00752. The van der Waals surface area contributed by atoms with Gasteiger partial charge in [0.25, 0.3) is 5.91 Å². The van der Waals surface area contributed by atoms with E-state index in [0.29, 0.717) is 16.5 Å². The van der Waals surface area contributed by atoms with E-state index >= 15 is 0 Å². The van der Waals surface area contributed by atoms with E-state index in [-0.39, 0.29) is 21.7 Å². The minimum Gasteiger partial charge on any atom is -0.392 e. The lowest BCUT2D eigenvalue weighted by Gasteiger charge is -2.11. The van der Waals surface area contributed by atoms with Crippen LogP contribution in [-0.2, 0) is 19.5 Å². The summed E-state index contributed by atoms with van der Waals surface area (Å²) in [5, 5.41) is 7.04. The maximum atomic E-state index is 12.8. The van der Waals surface area contributed by atoms with Crippen molar-refractivity contribution in [3.05, 3.63) is 34.6 Å². The van der Waals surface area contributed by atoms with Crippen LogP contribution in [0, 0.1) is 6.92 Å². The first-order valence-corrected chi connectivity index (χ1v) is 11.6. The molecule has 11 heteroatoms. The molecule has 150 valence electrons. The Hall–Kier alpha value is -2.04. The normalized spacial score (nSPS) is 15.6. The third kappa shape index (κ3) is 5.06. The summed E-state index contributed by atoms with van der Waals surface area (Å²) >= 11 is 7.18. The number of nitrogens with zero attached hydrogens (tertiary/aromatic N) is 3. The van der Waals surface area contributed by atoms with Gasteiger partial charge in [-0.1, -0.05) is 22.8 Å². The number of aromatic nitrogens is 2. The summed E-state index contributed by atoms with van der Waals surface area (Å²) in [5.74, 6) is -0.00105. The number of oxime groups is 1. The smallest absolute Gasteiger partial charge is 0.280 e. The molecule has 1 aliphatic rings. The van der Waals surface area contributed by atoms with Crippen LogP contribution in [0.25, 0.3) is 0 Å². The van der Waals surface area contributed by atoms with Crippen molar-refractivity contribution in [2.45, 2.75) is 43.6 Å². The van der Waals surface area contributed by atoms with Crippen LogP contribution in [0.15, 0.2) is 28.3 Å². The number of rotatable bonds is 6. The Kier molecular flexibility index (Phi) is 6.31. The van der Waals surface area contributed by atoms with Crippen LogP contribution in [0.2, 0.25) is 5.02 Å². The molecule has 0 aliphatic heterocycles. The molecule has 1 aliphatic carbocycles. The molecule has 8 nitrogen and oxygen atoms in total. The summed E-state index contributed by atoms with van der Waals surface area (Å²) < 4.78 is 27.6. The zero-order valence-corrected chi connectivity index (χ0v) is 17.7. The number of anilines is 1. The number of benzene rings is 1. The van der Waals surface area contributed by atoms with Gasteiger partial charge in [0.15, 0.2) is 15.5 Å². The van der Waals surface area contributed by atoms with Crippen molar-refractivity contribution in [3.8, 4) is 0 Å². The van der Waals surface area contributed by atoms with Crippen molar-refractivity contribution in [1.29, 1.82) is 0 Å². The Balaban J connectivity index is 1.92. The van der Waals surface area contributed by atoms with E-state index < -0.39 is 15.7 Å². The maximum Gasteiger partial charge on any atom is 0.280 e. The fourth-order valence-electron chi connectivity index (χ4n) is 2.80. The molecule has 0 bridgehead atoms. The van der Waals surface area contributed by atoms with Crippen molar-refractivity contribution in [1.82, 2.24) is 9.36 Å². The second-order valence-electron chi connectivity index (χ2n) is 6.47. The van der Waals surface area contributed by atoms with Gasteiger partial charge in [-0.25, -0.2) is 13.4 Å². The monoisotopic (exact) mass is 442 g/mol. The standard InChI is InChI=1S/C17H19ClN4O4S2/c1-10-19-17(27-22-10)20-16(23)15(21-26-12-5-3-4-6-12)11-7-8-14(13(18)9-11)28(2,24)25/h7-9,12H,3-6H2,1-2H3,(H,19,20,22,23)/b21-15-. The molecule has 0 saturated heterocycles. The van der Waals surface area contributed by atoms with Gasteiger partial charge >= 0.3 is 0 Å². The Morgan fingerprint density at radius 1 is 1.36 bits per heavy atom. The first-order valence-electron chi connectivity index (χ1n) is 8.59. The molecule has 1 aromatic carbocycles. The first kappa shape index (κ1) is 20.7. The number of amides is 1. The Labute approximate surface area is 172 Å². The lowest BCUT2D eigenvalue weighted by atomic mass is 10.1. The lowest BCUT2D eigenvalue weighted by Crippen LogP contribution is -2.25. The summed E-state index contributed by atoms with van der Waals surface area (Å²) in [7, 11) is -3.49. The SMILES string of the molecule is Cc1nsc(NC(=O)/C(=N\OC2CCCC2)c2ccc(S(C)(=O)=O)c(Cl)c2)n1. The summed E-state index contributed by atoms with van der Waals surface area (Å²) in [6.07, 6.45) is 4.89. The van der Waals surface area contributed by atoms with Gasteiger partial charge in [0, 0.05) is 23.4 Å². The van der Waals surface area contributed by atoms with Crippen molar-refractivity contribution in [2.24, 2.45) is 5.16 Å². The van der Waals surface area contributed by atoms with Crippen molar-refractivity contribution < 1.29 is 18.0 Å². The Morgan fingerprint density at radius 3 is 2.64 bits per heavy atom. The highest BCUT2D eigenvalue weighted by Crippen LogP contribution is 2.25. The highest BCUT2D eigenvalue weighted by atomic mass is 35.5. The molecular weight excluding hydrogens is 424 g/mol. The number of carbonyl (C=O) groups excluding carboxylic acids is 1. The fraction of sp³-hybridized carbons (Fsp3) is 0.412. The zero-order valence-electron chi connectivity index (χ0n) is 15.3. The van der Waals surface area contributed by atoms with Gasteiger partial charge in [-0.3, -0.25) is 10.1 Å². The van der Waals surface area contributed by atoms with Crippen molar-refractivity contribution in [3.63, 3.8) is 0 Å². The van der Waals surface area contributed by atoms with Crippen LogP contribution in [0.5, 0.6) is 0 Å². The molecule has 0 unspecified atom stereocenters. The Bertz CT molecular complexity index is 1010. The molecule has 3 rings (SSSR count). The summed E-state index contributed by atoms with van der Waals surface area (Å²) in [6, 6.07) is 4.21. The van der Waals surface area contributed by atoms with Crippen LogP contribution in [0.4, 0.5) is 5.13 Å². The van der Waals surface area contributed by atoms with E-state index in [9.17, 15) is 13.2 Å². The third-order valence-electron chi connectivity index (χ3n) is 4.16. The van der Waals surface area contributed by atoms with Gasteiger partial charge in [0.2, 0.25) is 5.13 Å². The van der Waals surface area contributed by atoms with Gasteiger partial charge in [-0.05, 0) is 44.7 Å². The van der Waals surface area contributed by atoms with Gasteiger partial charge in [-0.15, -0.1) is 0 Å². The molecular formula is C17H19ClN4O4S2. The third-order valence-corrected chi connectivity index (χ3v) is 6.46. The molecule has 0 atom stereocenters. The van der Waals surface area contributed by atoms with E-state index in [1.54, 1.807) is 6.92 Å². The topological polar surface area (TPSA) is 111 Å². The Morgan fingerprint density at radius 2 is 2.07 bits per heavy atom. The van der Waals surface area contributed by atoms with Crippen LogP contribution >= 0.6 is 23.1 Å². The number of sulfone groups is 1. The fourth-order valence-corrected chi connectivity index (χ4v) is 4.70. The molecule has 1 amide bonds. The highest BCUT2D eigenvalue weighted by molar-refractivity contribution is 7.90. The quantitative estimate of drug-likeness (QED) is 0.543. The molecule has 2 aromatic rings. The van der Waals surface area contributed by atoms with E-state index in [1.807, 2.05) is 0 Å². The zero-order chi connectivity index (χ0) is 20.3.